The van der Waals surface area contributed by atoms with Gasteiger partial charge >= 0.3 is 6.20 Å². The molecule has 1 aromatic carbocycles. The number of carbonyl (C=O) groups excluding carboxylic acids is 3. The van der Waals surface area contributed by atoms with Crippen LogP contribution in [0.1, 0.15) is 34.6 Å². The van der Waals surface area contributed by atoms with E-state index in [1.165, 1.54) is 26.0 Å². The minimum absolute atomic E-state index is 0.257. The molecule has 1 aromatic rings. The molecule has 0 bridgehead atoms. The predicted molar refractivity (Wildman–Crippen MR) is 79.8 cm³/mol. The minimum Gasteiger partial charge on any atom is -0.504 e. The van der Waals surface area contributed by atoms with Gasteiger partial charge in [-0.15, -0.1) is 0 Å². The second-order valence-electron chi connectivity index (χ2n) is 5.10. The van der Waals surface area contributed by atoms with Crippen LogP contribution in [0.5, 0.6) is 0 Å². The second kappa shape index (κ2) is 6.27. The summed E-state index contributed by atoms with van der Waals surface area (Å²) < 4.78 is 0. The van der Waals surface area contributed by atoms with Gasteiger partial charge in [-0.2, -0.15) is 0 Å². The van der Waals surface area contributed by atoms with Crippen LogP contribution in [0.2, 0.25) is 0 Å². The molecule has 1 aliphatic rings. The Labute approximate surface area is 132 Å². The van der Waals surface area contributed by atoms with Crippen LogP contribution >= 0.6 is 0 Å². The number of rotatable bonds is 4. The van der Waals surface area contributed by atoms with Crippen LogP contribution in [-0.4, -0.2) is 39.8 Å². The van der Waals surface area contributed by atoms with Gasteiger partial charge in [-0.25, -0.2) is 0 Å². The number of carbonyl (C=O) groups is 3. The summed E-state index contributed by atoms with van der Waals surface area (Å²) in [4.78, 5) is 40.3. The maximum atomic E-state index is 12.3. The number of benzene rings is 1. The molecule has 0 saturated heterocycles. The Kier molecular flexibility index (Phi) is 4.41. The average Bonchev–Trinajstić information content (AvgIpc) is 2.78. The Morgan fingerprint density at radius 2 is 1.78 bits per heavy atom. The molecule has 2 atom stereocenters. The first-order valence-electron chi connectivity index (χ1n) is 6.89. The van der Waals surface area contributed by atoms with Crippen LogP contribution in [0.3, 0.4) is 0 Å². The Morgan fingerprint density at radius 1 is 1.26 bits per heavy atom. The van der Waals surface area contributed by atoms with E-state index < -0.39 is 29.8 Å². The zero-order valence-electron chi connectivity index (χ0n) is 12.6. The molecule has 0 aliphatic carbocycles. The molecule has 0 spiro atoms. The fourth-order valence-electron chi connectivity index (χ4n) is 2.26. The highest BCUT2D eigenvalue weighted by molar-refractivity contribution is 6.22. The monoisotopic (exact) mass is 315 g/mol. The molecular weight excluding hydrogens is 300 g/mol. The molecule has 8 heteroatoms. The Bertz CT molecular complexity index is 715. The first-order valence-corrected chi connectivity index (χ1v) is 6.89. The van der Waals surface area contributed by atoms with Crippen LogP contribution < -0.4 is 5.32 Å². The summed E-state index contributed by atoms with van der Waals surface area (Å²) in [5.74, 6) is -2.06. The number of diazo groups is 1. The standard InChI is InChI=1S/C15H14N4O4/c1-8(12(20)7-17-16)18-13(21)9(2)19-14(22)10-5-3-4-6-11(10)15(19)23/h3-9H,1-2H3,(H-,18,20,21)/p+1/t8-,9-/m0/s1. The molecule has 0 radical (unpaired) electrons. The summed E-state index contributed by atoms with van der Waals surface area (Å²) in [5.41, 5.74) is 0.513. The van der Waals surface area contributed by atoms with Gasteiger partial charge in [0.25, 0.3) is 11.8 Å². The highest BCUT2D eigenvalue weighted by Gasteiger charge is 2.40. The SMILES string of the molecule is C[C@H](NC(=O)[C@H](C)N1C(=O)c2ccccc2C1=O)C(O)=C[N+]#N. The lowest BCUT2D eigenvalue weighted by atomic mass is 10.1. The van der Waals surface area contributed by atoms with Crippen molar-refractivity contribution in [2.24, 2.45) is 0 Å². The van der Waals surface area contributed by atoms with E-state index in [9.17, 15) is 19.5 Å². The van der Waals surface area contributed by atoms with E-state index in [2.05, 4.69) is 10.3 Å². The summed E-state index contributed by atoms with van der Waals surface area (Å²) in [7, 11) is 0. The van der Waals surface area contributed by atoms with E-state index in [0.717, 1.165) is 11.1 Å². The van der Waals surface area contributed by atoms with Crippen LogP contribution in [-0.2, 0) is 4.79 Å². The van der Waals surface area contributed by atoms with E-state index in [1.807, 2.05) is 0 Å². The fourth-order valence-corrected chi connectivity index (χ4v) is 2.26. The smallest absolute Gasteiger partial charge is 0.389 e. The third-order valence-electron chi connectivity index (χ3n) is 3.58. The zero-order valence-corrected chi connectivity index (χ0v) is 12.6. The fraction of sp³-hybridized carbons (Fsp3) is 0.267. The molecule has 2 rings (SSSR count). The third kappa shape index (κ3) is 2.89. The number of hydrogen-bond acceptors (Lipinski definition) is 5. The summed E-state index contributed by atoms with van der Waals surface area (Å²) >= 11 is 0. The first-order chi connectivity index (χ1) is 10.9. The van der Waals surface area contributed by atoms with Gasteiger partial charge in [-0.05, 0) is 26.0 Å². The molecular formula is C15H15N4O4+. The quantitative estimate of drug-likeness (QED) is 0.495. The summed E-state index contributed by atoms with van der Waals surface area (Å²) in [6.07, 6.45) is 0.775. The van der Waals surface area contributed by atoms with Gasteiger partial charge in [0.05, 0.1) is 17.2 Å². The number of nitrogens with zero attached hydrogens (tertiary/aromatic N) is 3. The lowest BCUT2D eigenvalue weighted by Crippen LogP contribution is -2.50. The number of fused-ring (bicyclic) bond motifs is 1. The van der Waals surface area contributed by atoms with Gasteiger partial charge in [-0.3, -0.25) is 19.3 Å². The zero-order chi connectivity index (χ0) is 17.1. The topological polar surface area (TPSA) is 115 Å². The number of nitrogens with one attached hydrogen (secondary N) is 1. The molecule has 8 nitrogen and oxygen atoms in total. The highest BCUT2D eigenvalue weighted by Crippen LogP contribution is 2.24. The minimum atomic E-state index is -1.05. The molecule has 0 fully saturated rings. The van der Waals surface area contributed by atoms with E-state index >= 15 is 0 Å². The Balaban J connectivity index is 2.16. The second-order valence-corrected chi connectivity index (χ2v) is 5.10. The van der Waals surface area contributed by atoms with Crippen molar-refractivity contribution in [3.8, 4) is 0 Å². The van der Waals surface area contributed by atoms with E-state index in [0.29, 0.717) is 0 Å². The van der Waals surface area contributed by atoms with Crippen molar-refractivity contribution in [2.45, 2.75) is 25.9 Å². The molecule has 118 valence electrons. The Hall–Kier alpha value is -3.21. The molecule has 1 aliphatic heterocycles. The summed E-state index contributed by atoms with van der Waals surface area (Å²) in [5, 5.41) is 20.3. The van der Waals surface area contributed by atoms with Gasteiger partial charge in [0, 0.05) is 0 Å². The van der Waals surface area contributed by atoms with Crippen molar-refractivity contribution >= 4 is 17.7 Å². The number of imide groups is 1. The number of aliphatic hydroxyl groups excluding tert-OH is 1. The Morgan fingerprint density at radius 3 is 2.26 bits per heavy atom. The molecule has 2 N–H and O–H groups in total. The van der Waals surface area contributed by atoms with Crippen molar-refractivity contribution < 1.29 is 19.5 Å². The molecule has 1 heterocycles. The molecule has 0 unspecified atom stereocenters. The predicted octanol–water partition coefficient (Wildman–Crippen LogP) is 1.43. The molecule has 0 aromatic heterocycles. The van der Waals surface area contributed by atoms with Crippen molar-refractivity contribution in [1.29, 1.82) is 5.39 Å². The largest absolute Gasteiger partial charge is 0.504 e. The van der Waals surface area contributed by atoms with Crippen LogP contribution in [0.4, 0.5) is 0 Å². The van der Waals surface area contributed by atoms with Crippen LogP contribution in [0, 0.1) is 5.39 Å². The van der Waals surface area contributed by atoms with Crippen LogP contribution in [0.15, 0.2) is 36.2 Å². The summed E-state index contributed by atoms with van der Waals surface area (Å²) in [6, 6.07) is 4.45. The van der Waals surface area contributed by atoms with Gasteiger partial charge in [0.1, 0.15) is 6.04 Å². The van der Waals surface area contributed by atoms with Gasteiger partial charge in [0.2, 0.25) is 17.1 Å². The van der Waals surface area contributed by atoms with E-state index in [-0.39, 0.29) is 16.9 Å². The highest BCUT2D eigenvalue weighted by atomic mass is 16.3. The molecule has 0 saturated carbocycles. The average molecular weight is 315 g/mol. The maximum Gasteiger partial charge on any atom is 0.389 e. The van der Waals surface area contributed by atoms with Gasteiger partial charge in [-0.1, -0.05) is 12.1 Å². The third-order valence-corrected chi connectivity index (χ3v) is 3.58. The molecule has 23 heavy (non-hydrogen) atoms. The lowest BCUT2D eigenvalue weighted by Gasteiger charge is -2.23. The van der Waals surface area contributed by atoms with Crippen molar-refractivity contribution in [2.75, 3.05) is 0 Å². The van der Waals surface area contributed by atoms with Crippen molar-refractivity contribution in [1.82, 2.24) is 10.2 Å². The van der Waals surface area contributed by atoms with E-state index in [1.54, 1.807) is 12.1 Å². The molecule has 3 amide bonds. The van der Waals surface area contributed by atoms with Gasteiger partial charge in [0.15, 0.2) is 4.98 Å². The van der Waals surface area contributed by atoms with E-state index in [4.69, 9.17) is 5.39 Å². The summed E-state index contributed by atoms with van der Waals surface area (Å²) in [6.45, 7) is 2.88. The van der Waals surface area contributed by atoms with Gasteiger partial charge < -0.3 is 10.4 Å². The number of hydrogen-bond donors (Lipinski definition) is 2. The van der Waals surface area contributed by atoms with Crippen molar-refractivity contribution in [3.63, 3.8) is 0 Å². The maximum absolute atomic E-state index is 12.3. The number of amides is 3. The van der Waals surface area contributed by atoms with Crippen molar-refractivity contribution in [3.05, 3.63) is 52.3 Å². The first kappa shape index (κ1) is 16.2. The lowest BCUT2D eigenvalue weighted by molar-refractivity contribution is -0.125. The van der Waals surface area contributed by atoms with Crippen LogP contribution in [0.25, 0.3) is 4.98 Å². The normalized spacial score (nSPS) is 16.6. The number of aliphatic hydroxyl groups is 1.